The third kappa shape index (κ3) is 2.47. The summed E-state index contributed by atoms with van der Waals surface area (Å²) in [6.45, 7) is 0. The predicted molar refractivity (Wildman–Crippen MR) is 84.1 cm³/mol. The molecule has 120 valence electrons. The van der Waals surface area contributed by atoms with Gasteiger partial charge in [0.25, 0.3) is 5.56 Å². The van der Waals surface area contributed by atoms with Crippen molar-refractivity contribution in [3.63, 3.8) is 0 Å². The first-order chi connectivity index (χ1) is 11.6. The molecule has 0 radical (unpaired) electrons. The van der Waals surface area contributed by atoms with Gasteiger partial charge in [0, 0.05) is 24.0 Å². The molecule has 0 aromatic carbocycles. The molecule has 0 aliphatic heterocycles. The fourth-order valence-corrected chi connectivity index (χ4v) is 2.55. The number of pyridine rings is 2. The molecule has 3 aromatic rings. The summed E-state index contributed by atoms with van der Waals surface area (Å²) < 4.78 is 3.13. The first-order valence-electron chi connectivity index (χ1n) is 7.45. The second-order valence-corrected chi connectivity index (χ2v) is 5.66. The second kappa shape index (κ2) is 5.41. The summed E-state index contributed by atoms with van der Waals surface area (Å²) in [5.41, 5.74) is 1.80. The maximum absolute atomic E-state index is 12.1. The van der Waals surface area contributed by atoms with Crippen LogP contribution in [0.5, 0.6) is 0 Å². The summed E-state index contributed by atoms with van der Waals surface area (Å²) in [6.07, 6.45) is 8.29. The van der Waals surface area contributed by atoms with Crippen LogP contribution in [0.4, 0.5) is 0 Å². The highest BCUT2D eigenvalue weighted by atomic mass is 16.4. The van der Waals surface area contributed by atoms with E-state index in [2.05, 4.69) is 15.3 Å². The Bertz CT molecular complexity index is 987. The molecule has 4 rings (SSSR count). The Hall–Kier alpha value is -3.29. The van der Waals surface area contributed by atoms with E-state index in [0.29, 0.717) is 11.7 Å². The summed E-state index contributed by atoms with van der Waals surface area (Å²) in [6, 6.07) is 4.65. The molecule has 0 saturated heterocycles. The van der Waals surface area contributed by atoms with Gasteiger partial charge in [-0.3, -0.25) is 14.3 Å². The molecule has 8 nitrogen and oxygen atoms in total. The van der Waals surface area contributed by atoms with Gasteiger partial charge in [0.1, 0.15) is 0 Å². The van der Waals surface area contributed by atoms with Gasteiger partial charge in [-0.05, 0) is 25.0 Å². The van der Waals surface area contributed by atoms with E-state index in [1.807, 2.05) is 4.68 Å². The molecule has 8 heteroatoms. The van der Waals surface area contributed by atoms with Crippen LogP contribution >= 0.6 is 0 Å². The average Bonchev–Trinajstić information content (AvgIpc) is 3.32. The number of aromatic carboxylic acids is 1. The number of hydrogen-bond donors (Lipinski definition) is 1. The van der Waals surface area contributed by atoms with Gasteiger partial charge in [-0.1, -0.05) is 5.21 Å². The van der Waals surface area contributed by atoms with Crippen LogP contribution in [-0.2, 0) is 0 Å². The van der Waals surface area contributed by atoms with Gasteiger partial charge < -0.3 is 5.11 Å². The Morgan fingerprint density at radius 1 is 1.21 bits per heavy atom. The van der Waals surface area contributed by atoms with Crippen molar-refractivity contribution in [3.05, 3.63) is 58.9 Å². The minimum absolute atomic E-state index is 0.0321. The predicted octanol–water partition coefficient (Wildman–Crippen LogP) is 1.52. The van der Waals surface area contributed by atoms with E-state index in [-0.39, 0.29) is 11.1 Å². The zero-order valence-corrected chi connectivity index (χ0v) is 12.5. The fourth-order valence-electron chi connectivity index (χ4n) is 2.55. The fraction of sp³-hybridized carbons (Fsp3) is 0.188. The summed E-state index contributed by atoms with van der Waals surface area (Å²) in [7, 11) is 0. The van der Waals surface area contributed by atoms with Crippen molar-refractivity contribution < 1.29 is 9.90 Å². The number of rotatable bonds is 4. The zero-order valence-electron chi connectivity index (χ0n) is 12.5. The van der Waals surface area contributed by atoms with Gasteiger partial charge in [-0.15, -0.1) is 5.10 Å². The molecule has 0 atom stereocenters. The Morgan fingerprint density at radius 3 is 2.79 bits per heavy atom. The highest BCUT2D eigenvalue weighted by Crippen LogP contribution is 2.37. The van der Waals surface area contributed by atoms with Crippen LogP contribution in [0.1, 0.15) is 29.2 Å². The Balaban J connectivity index is 1.81. The minimum atomic E-state index is -1.09. The van der Waals surface area contributed by atoms with Crippen molar-refractivity contribution in [2.45, 2.75) is 18.9 Å². The Labute approximate surface area is 136 Å². The van der Waals surface area contributed by atoms with Crippen molar-refractivity contribution in [2.75, 3.05) is 0 Å². The standard InChI is InChI=1S/C16H13N5O3/c22-15-4-1-10(16(23)24)9-20(15)13-5-11(6-17-7-13)14-8-18-19-21(14)12-2-3-12/h1,4-9,12H,2-3H2,(H,23,24). The van der Waals surface area contributed by atoms with Gasteiger partial charge in [0.15, 0.2) is 0 Å². The van der Waals surface area contributed by atoms with Crippen LogP contribution in [-0.4, -0.2) is 35.6 Å². The van der Waals surface area contributed by atoms with Crippen molar-refractivity contribution in [1.29, 1.82) is 0 Å². The monoisotopic (exact) mass is 323 g/mol. The molecule has 0 amide bonds. The molecule has 3 heterocycles. The summed E-state index contributed by atoms with van der Waals surface area (Å²) >= 11 is 0. The number of carbonyl (C=O) groups is 1. The third-order valence-corrected chi connectivity index (χ3v) is 3.92. The third-order valence-electron chi connectivity index (χ3n) is 3.92. The smallest absolute Gasteiger partial charge is 0.337 e. The van der Waals surface area contributed by atoms with E-state index in [1.165, 1.54) is 29.1 Å². The molecule has 3 aromatic heterocycles. The molecule has 1 aliphatic rings. The van der Waals surface area contributed by atoms with Gasteiger partial charge in [0.05, 0.1) is 35.4 Å². The van der Waals surface area contributed by atoms with E-state index < -0.39 is 5.97 Å². The summed E-state index contributed by atoms with van der Waals surface area (Å²) in [5, 5.41) is 17.2. The van der Waals surface area contributed by atoms with E-state index in [9.17, 15) is 9.59 Å². The maximum atomic E-state index is 12.1. The Morgan fingerprint density at radius 2 is 2.04 bits per heavy atom. The largest absolute Gasteiger partial charge is 0.478 e. The first kappa shape index (κ1) is 14.3. The second-order valence-electron chi connectivity index (χ2n) is 5.66. The Kier molecular flexibility index (Phi) is 3.23. The molecular formula is C16H13N5O3. The number of carboxylic acids is 1. The zero-order chi connectivity index (χ0) is 16.7. The lowest BCUT2D eigenvalue weighted by atomic mass is 10.2. The highest BCUT2D eigenvalue weighted by Gasteiger charge is 2.27. The molecule has 0 bridgehead atoms. The van der Waals surface area contributed by atoms with E-state index in [1.54, 1.807) is 18.5 Å². The lowest BCUT2D eigenvalue weighted by molar-refractivity contribution is 0.0696. The molecule has 24 heavy (non-hydrogen) atoms. The van der Waals surface area contributed by atoms with Gasteiger partial charge >= 0.3 is 5.97 Å². The molecule has 1 fully saturated rings. The average molecular weight is 323 g/mol. The molecule has 1 saturated carbocycles. The van der Waals surface area contributed by atoms with Crippen LogP contribution in [0.2, 0.25) is 0 Å². The lowest BCUT2D eigenvalue weighted by Gasteiger charge is -2.09. The number of hydrogen-bond acceptors (Lipinski definition) is 5. The quantitative estimate of drug-likeness (QED) is 0.781. The lowest BCUT2D eigenvalue weighted by Crippen LogP contribution is -2.18. The van der Waals surface area contributed by atoms with Crippen molar-refractivity contribution in [1.82, 2.24) is 24.5 Å². The van der Waals surface area contributed by atoms with Crippen LogP contribution < -0.4 is 5.56 Å². The van der Waals surface area contributed by atoms with E-state index >= 15 is 0 Å². The molecular weight excluding hydrogens is 310 g/mol. The minimum Gasteiger partial charge on any atom is -0.478 e. The van der Waals surface area contributed by atoms with Gasteiger partial charge in [-0.2, -0.15) is 0 Å². The number of aromatic nitrogens is 5. The normalized spacial score (nSPS) is 13.8. The van der Waals surface area contributed by atoms with Crippen molar-refractivity contribution in [2.24, 2.45) is 0 Å². The molecule has 0 spiro atoms. The van der Waals surface area contributed by atoms with Crippen LogP contribution in [0, 0.1) is 0 Å². The SMILES string of the molecule is O=C(O)c1ccc(=O)n(-c2cncc(-c3cnnn3C3CC3)c2)c1. The molecule has 1 N–H and O–H groups in total. The topological polar surface area (TPSA) is 103 Å². The van der Waals surface area contributed by atoms with Crippen LogP contribution in [0.25, 0.3) is 16.9 Å². The van der Waals surface area contributed by atoms with Crippen molar-refractivity contribution in [3.8, 4) is 16.9 Å². The van der Waals surface area contributed by atoms with Crippen LogP contribution in [0.15, 0.2) is 47.8 Å². The molecule has 0 unspecified atom stereocenters. The van der Waals surface area contributed by atoms with E-state index in [0.717, 1.165) is 24.1 Å². The summed E-state index contributed by atoms with van der Waals surface area (Å²) in [5.74, 6) is -1.09. The van der Waals surface area contributed by atoms with Crippen molar-refractivity contribution >= 4 is 5.97 Å². The molecule has 1 aliphatic carbocycles. The van der Waals surface area contributed by atoms with E-state index in [4.69, 9.17) is 5.11 Å². The number of carboxylic acid groups (broad SMARTS) is 1. The number of nitrogens with zero attached hydrogens (tertiary/aromatic N) is 5. The highest BCUT2D eigenvalue weighted by molar-refractivity contribution is 5.87. The maximum Gasteiger partial charge on any atom is 0.337 e. The summed E-state index contributed by atoms with van der Waals surface area (Å²) in [4.78, 5) is 27.4. The first-order valence-corrected chi connectivity index (χ1v) is 7.45. The van der Waals surface area contributed by atoms with Gasteiger partial charge in [0.2, 0.25) is 0 Å². The van der Waals surface area contributed by atoms with Crippen LogP contribution in [0.3, 0.4) is 0 Å². The van der Waals surface area contributed by atoms with Gasteiger partial charge in [-0.25, -0.2) is 9.48 Å².